The van der Waals surface area contributed by atoms with Crippen molar-refractivity contribution in [2.75, 3.05) is 31.0 Å². The number of hydrogen-bond acceptors (Lipinski definition) is 5. The number of piperidine rings is 1. The van der Waals surface area contributed by atoms with Crippen LogP contribution in [0.1, 0.15) is 18.4 Å². The molecular formula is C21H26N4O3S. The van der Waals surface area contributed by atoms with Gasteiger partial charge in [0.05, 0.1) is 10.6 Å². The van der Waals surface area contributed by atoms with E-state index in [1.807, 2.05) is 20.0 Å². The number of hydrazone groups is 1. The standard InChI is InChI=1S/C21H26N4O3S/c1-17-7-6-8-19(15-17)25(29(27,28)20-9-4-3-5-10-20)16-21(26)23-22-18-11-13-24(2)14-12-18/h3-10,15H,11-14,16H2,1-2H3,(H,23,26). The Balaban J connectivity index is 1.82. The summed E-state index contributed by atoms with van der Waals surface area (Å²) in [5.74, 6) is -0.475. The van der Waals surface area contributed by atoms with Gasteiger partial charge in [0.25, 0.3) is 15.9 Å². The molecule has 2 aromatic carbocycles. The number of anilines is 1. The second kappa shape index (κ2) is 9.19. The molecule has 3 rings (SSSR count). The van der Waals surface area contributed by atoms with Gasteiger partial charge in [0.15, 0.2) is 0 Å². The van der Waals surface area contributed by atoms with Crippen LogP contribution in [-0.2, 0) is 14.8 Å². The number of aryl methyl sites for hydroxylation is 1. The molecule has 0 aromatic heterocycles. The number of benzene rings is 2. The van der Waals surface area contributed by atoms with Gasteiger partial charge in [-0.3, -0.25) is 9.10 Å². The Kier molecular flexibility index (Phi) is 6.66. The molecule has 1 aliphatic heterocycles. The van der Waals surface area contributed by atoms with Gasteiger partial charge >= 0.3 is 0 Å². The quantitative estimate of drug-likeness (QED) is 0.736. The number of nitrogens with zero attached hydrogens (tertiary/aromatic N) is 3. The zero-order valence-corrected chi connectivity index (χ0v) is 17.5. The molecule has 0 unspecified atom stereocenters. The Hall–Kier alpha value is -2.71. The van der Waals surface area contributed by atoms with E-state index in [0.717, 1.165) is 41.5 Å². The number of nitrogens with one attached hydrogen (secondary N) is 1. The zero-order chi connectivity index (χ0) is 20.9. The maximum absolute atomic E-state index is 13.2. The molecule has 1 heterocycles. The zero-order valence-electron chi connectivity index (χ0n) is 16.7. The number of likely N-dealkylation sites (tertiary alicyclic amines) is 1. The minimum Gasteiger partial charge on any atom is -0.306 e. The highest BCUT2D eigenvalue weighted by Gasteiger charge is 2.27. The van der Waals surface area contributed by atoms with Gasteiger partial charge in [-0.2, -0.15) is 5.10 Å². The van der Waals surface area contributed by atoms with Gasteiger partial charge < -0.3 is 4.90 Å². The molecule has 0 spiro atoms. The Morgan fingerprint density at radius 1 is 1.10 bits per heavy atom. The molecule has 0 aliphatic carbocycles. The largest absolute Gasteiger partial charge is 0.306 e. The average molecular weight is 415 g/mol. The van der Waals surface area contributed by atoms with E-state index < -0.39 is 15.9 Å². The molecule has 1 fully saturated rings. The highest BCUT2D eigenvalue weighted by atomic mass is 32.2. The van der Waals surface area contributed by atoms with Crippen LogP contribution in [0.5, 0.6) is 0 Å². The summed E-state index contributed by atoms with van der Waals surface area (Å²) in [4.78, 5) is 14.9. The van der Waals surface area contributed by atoms with E-state index in [9.17, 15) is 13.2 Å². The van der Waals surface area contributed by atoms with E-state index >= 15 is 0 Å². The Morgan fingerprint density at radius 2 is 1.79 bits per heavy atom. The topological polar surface area (TPSA) is 82.1 Å². The third kappa shape index (κ3) is 5.42. The van der Waals surface area contributed by atoms with E-state index in [1.165, 1.54) is 12.1 Å². The minimum absolute atomic E-state index is 0.135. The summed E-state index contributed by atoms with van der Waals surface area (Å²) in [5.41, 5.74) is 4.80. The van der Waals surface area contributed by atoms with E-state index in [1.54, 1.807) is 36.4 Å². The number of amides is 1. The van der Waals surface area contributed by atoms with Crippen LogP contribution in [0.3, 0.4) is 0 Å². The lowest BCUT2D eigenvalue weighted by molar-refractivity contribution is -0.119. The molecule has 29 heavy (non-hydrogen) atoms. The van der Waals surface area contributed by atoms with E-state index in [-0.39, 0.29) is 11.4 Å². The molecule has 1 N–H and O–H groups in total. The second-order valence-electron chi connectivity index (χ2n) is 7.18. The molecule has 0 radical (unpaired) electrons. The average Bonchev–Trinajstić information content (AvgIpc) is 2.72. The van der Waals surface area contributed by atoms with Gasteiger partial charge in [0, 0.05) is 31.6 Å². The lowest BCUT2D eigenvalue weighted by atomic mass is 10.1. The van der Waals surface area contributed by atoms with Crippen LogP contribution in [0.25, 0.3) is 0 Å². The van der Waals surface area contributed by atoms with Crippen molar-refractivity contribution < 1.29 is 13.2 Å². The fraction of sp³-hybridized carbons (Fsp3) is 0.333. The van der Waals surface area contributed by atoms with Crippen LogP contribution in [0, 0.1) is 6.92 Å². The van der Waals surface area contributed by atoms with Crippen molar-refractivity contribution in [2.24, 2.45) is 5.10 Å². The van der Waals surface area contributed by atoms with Crippen LogP contribution in [0.4, 0.5) is 5.69 Å². The number of carbonyl (C=O) groups excluding carboxylic acids is 1. The van der Waals surface area contributed by atoms with Gasteiger partial charge in [-0.15, -0.1) is 0 Å². The SMILES string of the molecule is Cc1cccc(N(CC(=O)NN=C2CCN(C)CC2)S(=O)(=O)c2ccccc2)c1. The van der Waals surface area contributed by atoms with Gasteiger partial charge in [0.2, 0.25) is 0 Å². The first-order valence-corrected chi connectivity index (χ1v) is 11.0. The van der Waals surface area contributed by atoms with E-state index in [2.05, 4.69) is 15.4 Å². The summed E-state index contributed by atoms with van der Waals surface area (Å²) < 4.78 is 27.6. The monoisotopic (exact) mass is 414 g/mol. The molecular weight excluding hydrogens is 388 g/mol. The van der Waals surface area contributed by atoms with Gasteiger partial charge in [0.1, 0.15) is 6.54 Å². The third-order valence-corrected chi connectivity index (χ3v) is 6.60. The molecule has 1 amide bonds. The lowest BCUT2D eigenvalue weighted by Crippen LogP contribution is -2.40. The van der Waals surface area contributed by atoms with Crippen molar-refractivity contribution in [3.05, 3.63) is 60.2 Å². The first-order valence-electron chi connectivity index (χ1n) is 9.53. The summed E-state index contributed by atoms with van der Waals surface area (Å²) >= 11 is 0. The van der Waals surface area contributed by atoms with Crippen molar-refractivity contribution >= 4 is 27.3 Å². The van der Waals surface area contributed by atoms with Crippen LogP contribution in [0.15, 0.2) is 64.6 Å². The molecule has 7 nitrogen and oxygen atoms in total. The summed E-state index contributed by atoms with van der Waals surface area (Å²) in [5, 5.41) is 4.21. The fourth-order valence-electron chi connectivity index (χ4n) is 3.11. The van der Waals surface area contributed by atoms with Crippen LogP contribution < -0.4 is 9.73 Å². The molecule has 8 heteroatoms. The number of carbonyl (C=O) groups is 1. The summed E-state index contributed by atoms with van der Waals surface area (Å²) in [6, 6.07) is 15.2. The van der Waals surface area contributed by atoms with Gasteiger partial charge in [-0.1, -0.05) is 30.3 Å². The second-order valence-corrected chi connectivity index (χ2v) is 9.04. The van der Waals surface area contributed by atoms with Crippen LogP contribution in [-0.4, -0.2) is 51.6 Å². The molecule has 154 valence electrons. The van der Waals surface area contributed by atoms with Crippen molar-refractivity contribution in [1.29, 1.82) is 0 Å². The maximum atomic E-state index is 13.2. The van der Waals surface area contributed by atoms with Crippen molar-refractivity contribution in [1.82, 2.24) is 10.3 Å². The smallest absolute Gasteiger partial charge is 0.264 e. The van der Waals surface area contributed by atoms with Crippen molar-refractivity contribution in [3.63, 3.8) is 0 Å². The highest BCUT2D eigenvalue weighted by molar-refractivity contribution is 7.92. The fourth-order valence-corrected chi connectivity index (χ4v) is 4.55. The molecule has 0 atom stereocenters. The summed E-state index contributed by atoms with van der Waals surface area (Å²) in [6.07, 6.45) is 1.58. The van der Waals surface area contributed by atoms with E-state index in [0.29, 0.717) is 5.69 Å². The highest BCUT2D eigenvalue weighted by Crippen LogP contribution is 2.24. The summed E-state index contributed by atoms with van der Waals surface area (Å²) in [7, 11) is -1.85. The van der Waals surface area contributed by atoms with Crippen molar-refractivity contribution in [2.45, 2.75) is 24.7 Å². The molecule has 0 bridgehead atoms. The first-order chi connectivity index (χ1) is 13.9. The molecule has 0 saturated carbocycles. The normalized spacial score (nSPS) is 15.0. The summed E-state index contributed by atoms with van der Waals surface area (Å²) in [6.45, 7) is 3.32. The Morgan fingerprint density at radius 3 is 2.45 bits per heavy atom. The third-order valence-electron chi connectivity index (χ3n) is 4.81. The maximum Gasteiger partial charge on any atom is 0.264 e. The van der Waals surface area contributed by atoms with E-state index in [4.69, 9.17) is 0 Å². The Bertz CT molecular complexity index is 980. The number of sulfonamides is 1. The lowest BCUT2D eigenvalue weighted by Gasteiger charge is -2.25. The minimum atomic E-state index is -3.90. The predicted molar refractivity (Wildman–Crippen MR) is 114 cm³/mol. The molecule has 1 aliphatic rings. The van der Waals surface area contributed by atoms with Crippen LogP contribution >= 0.6 is 0 Å². The molecule has 2 aromatic rings. The number of rotatable bonds is 6. The van der Waals surface area contributed by atoms with Crippen LogP contribution in [0.2, 0.25) is 0 Å². The van der Waals surface area contributed by atoms with Gasteiger partial charge in [-0.25, -0.2) is 13.8 Å². The first kappa shape index (κ1) is 21.0. The number of hydrogen-bond donors (Lipinski definition) is 1. The molecule has 1 saturated heterocycles. The van der Waals surface area contributed by atoms with Crippen molar-refractivity contribution in [3.8, 4) is 0 Å². The Labute approximate surface area is 172 Å². The van der Waals surface area contributed by atoms with Gasteiger partial charge in [-0.05, 0) is 43.8 Å². The predicted octanol–water partition coefficient (Wildman–Crippen LogP) is 2.39.